The van der Waals surface area contributed by atoms with Crippen molar-refractivity contribution in [3.63, 3.8) is 0 Å². The topological polar surface area (TPSA) is 77.2 Å². The van der Waals surface area contributed by atoms with Gasteiger partial charge in [-0.05, 0) is 31.7 Å². The summed E-state index contributed by atoms with van der Waals surface area (Å²) in [4.78, 5) is 29.4. The number of fused-ring (bicyclic) bond motifs is 3. The number of anilines is 2. The normalized spacial score (nSPS) is 18.0. The highest BCUT2D eigenvalue weighted by molar-refractivity contribution is 6.03. The average Bonchev–Trinajstić information content (AvgIpc) is 3.15. The van der Waals surface area contributed by atoms with Crippen molar-refractivity contribution >= 4 is 28.2 Å². The summed E-state index contributed by atoms with van der Waals surface area (Å²) in [7, 11) is 3.34. The Bertz CT molecular complexity index is 915. The Morgan fingerprint density at radius 2 is 2.08 bits per heavy atom. The molecule has 3 N–H and O–H groups in total. The van der Waals surface area contributed by atoms with Crippen molar-refractivity contribution in [1.29, 1.82) is 0 Å². The predicted octanol–water partition coefficient (Wildman–Crippen LogP) is 2.16. The van der Waals surface area contributed by atoms with Crippen molar-refractivity contribution in [1.82, 2.24) is 10.3 Å². The van der Waals surface area contributed by atoms with Crippen LogP contribution in [0.2, 0.25) is 0 Å². The fraction of sp³-hybridized carbons (Fsp3) is 0.412. The predicted molar refractivity (Wildman–Crippen MR) is 91.1 cm³/mol. The van der Waals surface area contributed by atoms with Gasteiger partial charge in [-0.25, -0.2) is 4.39 Å². The Labute approximate surface area is 138 Å². The quantitative estimate of drug-likeness (QED) is 0.749. The molecular weight excluding hydrogens is 311 g/mol. The fourth-order valence-corrected chi connectivity index (χ4v) is 4.03. The number of amides is 1. The molecule has 1 spiro atoms. The van der Waals surface area contributed by atoms with E-state index in [0.29, 0.717) is 16.9 Å². The van der Waals surface area contributed by atoms with Gasteiger partial charge in [0.05, 0.1) is 16.6 Å². The zero-order valence-corrected chi connectivity index (χ0v) is 13.6. The Morgan fingerprint density at radius 1 is 1.38 bits per heavy atom. The molecule has 1 aromatic carbocycles. The number of hydrogen-bond acceptors (Lipinski definition) is 4. The Hall–Kier alpha value is -2.57. The number of hydrogen-bond donors (Lipinski definition) is 3. The van der Waals surface area contributed by atoms with Crippen LogP contribution in [0.15, 0.2) is 17.1 Å². The van der Waals surface area contributed by atoms with Gasteiger partial charge in [0, 0.05) is 20.3 Å². The number of nitrogens with zero attached hydrogens (tertiary/aromatic N) is 1. The standard InChI is InChI=1S/C17H19FN4O2/c1-19-16(24)10-8-20-12-9(15(10)23)7-11(18)14-13(12)21-17(22(14)2)5-3-4-6-17/h7-8,21H,3-6H2,1-2H3,(H,19,24)(H,20,23). The van der Waals surface area contributed by atoms with Crippen LogP contribution < -0.4 is 21.0 Å². The molecule has 0 saturated heterocycles. The summed E-state index contributed by atoms with van der Waals surface area (Å²) < 4.78 is 14.8. The molecule has 1 aromatic heterocycles. The van der Waals surface area contributed by atoms with Gasteiger partial charge in [0.15, 0.2) is 0 Å². The van der Waals surface area contributed by atoms with E-state index in [-0.39, 0.29) is 16.6 Å². The zero-order valence-electron chi connectivity index (χ0n) is 13.6. The SMILES string of the molecule is CNC(=O)c1c[nH]c2c3c(c(F)cc2c1=O)N(C)C1(CCCC1)N3. The van der Waals surface area contributed by atoms with Crippen molar-refractivity contribution in [3.8, 4) is 0 Å². The number of nitrogens with one attached hydrogen (secondary N) is 3. The van der Waals surface area contributed by atoms with Gasteiger partial charge in [-0.1, -0.05) is 0 Å². The highest BCUT2D eigenvalue weighted by Gasteiger charge is 2.45. The molecule has 2 aromatic rings. The molecule has 0 radical (unpaired) electrons. The summed E-state index contributed by atoms with van der Waals surface area (Å²) in [6.07, 6.45) is 5.42. The van der Waals surface area contributed by atoms with Gasteiger partial charge >= 0.3 is 0 Å². The maximum absolute atomic E-state index is 14.8. The van der Waals surface area contributed by atoms with E-state index in [0.717, 1.165) is 25.7 Å². The minimum absolute atomic E-state index is 0.0220. The highest BCUT2D eigenvalue weighted by Crippen LogP contribution is 2.49. The van der Waals surface area contributed by atoms with Crippen LogP contribution in [0.5, 0.6) is 0 Å². The van der Waals surface area contributed by atoms with Gasteiger partial charge in [-0.2, -0.15) is 0 Å². The first-order chi connectivity index (χ1) is 11.5. The van der Waals surface area contributed by atoms with Crippen LogP contribution in [-0.4, -0.2) is 30.6 Å². The minimum Gasteiger partial charge on any atom is -0.359 e. The molecule has 126 valence electrons. The van der Waals surface area contributed by atoms with Crippen molar-refractivity contribution in [2.75, 3.05) is 24.3 Å². The molecule has 1 aliphatic heterocycles. The first-order valence-corrected chi connectivity index (χ1v) is 8.10. The van der Waals surface area contributed by atoms with E-state index in [1.165, 1.54) is 19.3 Å². The monoisotopic (exact) mass is 330 g/mol. The molecule has 1 saturated carbocycles. The Kier molecular flexibility index (Phi) is 3.10. The lowest BCUT2D eigenvalue weighted by molar-refractivity contribution is 0.0962. The van der Waals surface area contributed by atoms with Crippen LogP contribution in [0.1, 0.15) is 36.0 Å². The molecular formula is C17H19FN4O2. The summed E-state index contributed by atoms with van der Waals surface area (Å²) in [6.45, 7) is 0. The number of aromatic amines is 1. The highest BCUT2D eigenvalue weighted by atomic mass is 19.1. The van der Waals surface area contributed by atoms with Gasteiger partial charge < -0.3 is 20.5 Å². The summed E-state index contributed by atoms with van der Waals surface area (Å²) in [6, 6.07) is 1.23. The Morgan fingerprint density at radius 3 is 2.75 bits per heavy atom. The summed E-state index contributed by atoms with van der Waals surface area (Å²) >= 11 is 0. The molecule has 0 bridgehead atoms. The lowest BCUT2D eigenvalue weighted by atomic mass is 10.1. The summed E-state index contributed by atoms with van der Waals surface area (Å²) in [5, 5.41) is 6.06. The van der Waals surface area contributed by atoms with E-state index in [4.69, 9.17) is 0 Å². The van der Waals surface area contributed by atoms with Crippen LogP contribution in [0.4, 0.5) is 15.8 Å². The third kappa shape index (κ3) is 1.81. The van der Waals surface area contributed by atoms with Crippen LogP contribution in [0.25, 0.3) is 10.9 Å². The minimum atomic E-state index is -0.489. The number of benzene rings is 1. The van der Waals surface area contributed by atoms with Crippen LogP contribution >= 0.6 is 0 Å². The van der Waals surface area contributed by atoms with Crippen molar-refractivity contribution in [2.24, 2.45) is 0 Å². The molecule has 24 heavy (non-hydrogen) atoms. The first kappa shape index (κ1) is 15.0. The third-order valence-corrected chi connectivity index (χ3v) is 5.34. The molecule has 6 nitrogen and oxygen atoms in total. The van der Waals surface area contributed by atoms with Crippen molar-refractivity contribution in [3.05, 3.63) is 33.9 Å². The molecule has 2 aliphatic rings. The molecule has 4 rings (SSSR count). The molecule has 0 unspecified atom stereocenters. The second-order valence-corrected chi connectivity index (χ2v) is 6.54. The molecule has 0 atom stereocenters. The lowest BCUT2D eigenvalue weighted by Crippen LogP contribution is -2.46. The second kappa shape index (κ2) is 4.96. The first-order valence-electron chi connectivity index (χ1n) is 8.10. The molecule has 1 amide bonds. The smallest absolute Gasteiger partial charge is 0.256 e. The van der Waals surface area contributed by atoms with Crippen molar-refractivity contribution < 1.29 is 9.18 Å². The van der Waals surface area contributed by atoms with Crippen LogP contribution in [0.3, 0.4) is 0 Å². The maximum Gasteiger partial charge on any atom is 0.256 e. The number of rotatable bonds is 1. The zero-order chi connectivity index (χ0) is 17.1. The van der Waals surface area contributed by atoms with Gasteiger partial charge in [0.2, 0.25) is 5.43 Å². The van der Waals surface area contributed by atoms with Gasteiger partial charge in [0.25, 0.3) is 5.91 Å². The number of aromatic nitrogens is 1. The largest absolute Gasteiger partial charge is 0.359 e. The molecule has 7 heteroatoms. The van der Waals surface area contributed by atoms with Crippen LogP contribution in [-0.2, 0) is 0 Å². The fourth-order valence-electron chi connectivity index (χ4n) is 4.03. The number of carbonyl (C=O) groups excluding carboxylic acids is 1. The van der Waals surface area contributed by atoms with Crippen LogP contribution in [0, 0.1) is 5.82 Å². The number of H-pyrrole nitrogens is 1. The third-order valence-electron chi connectivity index (χ3n) is 5.34. The molecule has 2 heterocycles. The lowest BCUT2D eigenvalue weighted by Gasteiger charge is -2.33. The average molecular weight is 330 g/mol. The van der Waals surface area contributed by atoms with E-state index in [1.54, 1.807) is 0 Å². The van der Waals surface area contributed by atoms with Gasteiger partial charge in [0.1, 0.15) is 22.7 Å². The van der Waals surface area contributed by atoms with E-state index in [2.05, 4.69) is 15.6 Å². The van der Waals surface area contributed by atoms with Crippen molar-refractivity contribution in [2.45, 2.75) is 31.3 Å². The Balaban J connectivity index is 1.97. The molecule has 1 aliphatic carbocycles. The maximum atomic E-state index is 14.8. The van der Waals surface area contributed by atoms with E-state index in [1.807, 2.05) is 11.9 Å². The summed E-state index contributed by atoms with van der Waals surface area (Å²) in [5.41, 5.74) is 0.851. The molecule has 1 fully saturated rings. The van der Waals surface area contributed by atoms with E-state index < -0.39 is 17.2 Å². The summed E-state index contributed by atoms with van der Waals surface area (Å²) in [5.74, 6) is -0.938. The van der Waals surface area contributed by atoms with E-state index in [9.17, 15) is 14.0 Å². The van der Waals surface area contributed by atoms with E-state index >= 15 is 0 Å². The number of carbonyl (C=O) groups is 1. The van der Waals surface area contributed by atoms with Gasteiger partial charge in [-0.15, -0.1) is 0 Å². The number of pyridine rings is 1. The van der Waals surface area contributed by atoms with Gasteiger partial charge in [-0.3, -0.25) is 9.59 Å². The second-order valence-electron chi connectivity index (χ2n) is 6.54. The number of halogens is 1.